The first-order chi connectivity index (χ1) is 9.61. The quantitative estimate of drug-likeness (QED) is 0.721. The lowest BCUT2D eigenvalue weighted by atomic mass is 10.1. The van der Waals surface area contributed by atoms with Crippen LogP contribution in [0, 0.1) is 0 Å². The molecule has 0 aromatic heterocycles. The van der Waals surface area contributed by atoms with E-state index in [0.717, 1.165) is 11.3 Å². The largest absolute Gasteiger partial charge is 0.496 e. The number of hydrogen-bond donors (Lipinski definition) is 3. The Labute approximate surface area is 117 Å². The molecule has 1 aliphatic rings. The molecule has 108 valence electrons. The van der Waals surface area contributed by atoms with E-state index in [2.05, 4.69) is 16.0 Å². The highest BCUT2D eigenvalue weighted by atomic mass is 16.5. The van der Waals surface area contributed by atoms with Crippen molar-refractivity contribution in [2.75, 3.05) is 20.2 Å². The highest BCUT2D eigenvalue weighted by Gasteiger charge is 2.25. The maximum absolute atomic E-state index is 12.1. The van der Waals surface area contributed by atoms with Crippen LogP contribution in [0.5, 0.6) is 5.75 Å². The summed E-state index contributed by atoms with van der Waals surface area (Å²) in [6.45, 7) is 2.38. The van der Waals surface area contributed by atoms with Gasteiger partial charge in [-0.25, -0.2) is 0 Å². The van der Waals surface area contributed by atoms with Crippen LogP contribution in [0.25, 0.3) is 0 Å². The van der Waals surface area contributed by atoms with Crippen molar-refractivity contribution in [2.24, 2.45) is 0 Å². The molecule has 0 radical (unpaired) electrons. The monoisotopic (exact) mass is 277 g/mol. The minimum Gasteiger partial charge on any atom is -0.496 e. The number of ether oxygens (including phenoxy) is 1. The van der Waals surface area contributed by atoms with Crippen molar-refractivity contribution >= 4 is 11.8 Å². The number of piperazine rings is 1. The molecule has 2 unspecified atom stereocenters. The Morgan fingerprint density at radius 2 is 2.20 bits per heavy atom. The van der Waals surface area contributed by atoms with Crippen molar-refractivity contribution in [1.29, 1.82) is 0 Å². The third-order valence-corrected chi connectivity index (χ3v) is 3.29. The van der Waals surface area contributed by atoms with Gasteiger partial charge in [0, 0.05) is 12.1 Å². The molecule has 1 aliphatic heterocycles. The summed E-state index contributed by atoms with van der Waals surface area (Å²) in [5.41, 5.74) is 0.920. The molecule has 6 heteroatoms. The van der Waals surface area contributed by atoms with Crippen LogP contribution in [0.4, 0.5) is 0 Å². The van der Waals surface area contributed by atoms with E-state index in [1.807, 2.05) is 31.2 Å². The smallest absolute Gasteiger partial charge is 0.239 e. The molecular weight excluding hydrogens is 258 g/mol. The van der Waals surface area contributed by atoms with Crippen LogP contribution in [0.1, 0.15) is 18.5 Å². The molecule has 1 aromatic rings. The van der Waals surface area contributed by atoms with Gasteiger partial charge in [-0.2, -0.15) is 0 Å². The van der Waals surface area contributed by atoms with Gasteiger partial charge in [0.05, 0.1) is 19.7 Å². The number of nitrogens with one attached hydrogen (secondary N) is 3. The van der Waals surface area contributed by atoms with Gasteiger partial charge in [0.2, 0.25) is 11.8 Å². The SMILES string of the molecule is COc1ccccc1C(C)NC(=O)C1CNC(=O)CN1. The molecule has 1 saturated heterocycles. The Bertz CT molecular complexity index is 494. The fourth-order valence-electron chi connectivity index (χ4n) is 2.17. The van der Waals surface area contributed by atoms with Gasteiger partial charge in [-0.1, -0.05) is 18.2 Å². The second kappa shape index (κ2) is 6.38. The van der Waals surface area contributed by atoms with Crippen LogP contribution >= 0.6 is 0 Å². The van der Waals surface area contributed by atoms with Crippen LogP contribution in [-0.4, -0.2) is 38.1 Å². The zero-order valence-electron chi connectivity index (χ0n) is 11.6. The van der Waals surface area contributed by atoms with E-state index >= 15 is 0 Å². The van der Waals surface area contributed by atoms with Crippen LogP contribution in [0.3, 0.4) is 0 Å². The van der Waals surface area contributed by atoms with Crippen molar-refractivity contribution in [3.8, 4) is 5.75 Å². The first-order valence-electron chi connectivity index (χ1n) is 6.55. The number of methoxy groups -OCH3 is 1. The van der Waals surface area contributed by atoms with E-state index in [-0.39, 0.29) is 24.4 Å². The van der Waals surface area contributed by atoms with Gasteiger partial charge in [-0.05, 0) is 13.0 Å². The summed E-state index contributed by atoms with van der Waals surface area (Å²) in [5, 5.41) is 8.48. The predicted octanol–water partition coefficient (Wildman–Crippen LogP) is -0.0396. The molecular formula is C14H19N3O3. The highest BCUT2D eigenvalue weighted by Crippen LogP contribution is 2.24. The third kappa shape index (κ3) is 3.27. The van der Waals surface area contributed by atoms with Gasteiger partial charge >= 0.3 is 0 Å². The van der Waals surface area contributed by atoms with Gasteiger partial charge in [-0.15, -0.1) is 0 Å². The molecule has 1 aromatic carbocycles. The minimum absolute atomic E-state index is 0.0909. The van der Waals surface area contributed by atoms with E-state index in [9.17, 15) is 9.59 Å². The van der Waals surface area contributed by atoms with Crippen molar-refractivity contribution in [1.82, 2.24) is 16.0 Å². The number of rotatable bonds is 4. The molecule has 0 bridgehead atoms. The molecule has 0 spiro atoms. The second-order valence-corrected chi connectivity index (χ2v) is 4.71. The maximum atomic E-state index is 12.1. The second-order valence-electron chi connectivity index (χ2n) is 4.71. The van der Waals surface area contributed by atoms with E-state index in [0.29, 0.717) is 6.54 Å². The van der Waals surface area contributed by atoms with Gasteiger partial charge in [0.1, 0.15) is 11.8 Å². The average molecular weight is 277 g/mol. The van der Waals surface area contributed by atoms with Crippen molar-refractivity contribution in [3.63, 3.8) is 0 Å². The fraction of sp³-hybridized carbons (Fsp3) is 0.429. The molecule has 1 fully saturated rings. The zero-order valence-corrected chi connectivity index (χ0v) is 11.6. The summed E-state index contributed by atoms with van der Waals surface area (Å²) in [4.78, 5) is 23.2. The molecule has 2 atom stereocenters. The van der Waals surface area contributed by atoms with E-state index < -0.39 is 6.04 Å². The number of hydrogen-bond acceptors (Lipinski definition) is 4. The molecule has 2 amide bonds. The standard InChI is InChI=1S/C14H19N3O3/c1-9(10-5-3-4-6-12(10)20-2)17-14(19)11-7-16-13(18)8-15-11/h3-6,9,11,15H,7-8H2,1-2H3,(H,16,18)(H,17,19). The summed E-state index contributed by atoms with van der Waals surface area (Å²) in [7, 11) is 1.60. The Morgan fingerprint density at radius 1 is 1.45 bits per heavy atom. The van der Waals surface area contributed by atoms with Crippen LogP contribution in [0.2, 0.25) is 0 Å². The zero-order chi connectivity index (χ0) is 14.5. The van der Waals surface area contributed by atoms with Crippen molar-refractivity contribution in [2.45, 2.75) is 19.0 Å². The molecule has 6 nitrogen and oxygen atoms in total. The van der Waals surface area contributed by atoms with Crippen LogP contribution < -0.4 is 20.7 Å². The Morgan fingerprint density at radius 3 is 2.85 bits per heavy atom. The number of amides is 2. The normalized spacial score (nSPS) is 19.9. The first-order valence-corrected chi connectivity index (χ1v) is 6.55. The van der Waals surface area contributed by atoms with E-state index in [1.54, 1.807) is 7.11 Å². The lowest BCUT2D eigenvalue weighted by molar-refractivity contribution is -0.127. The summed E-state index contributed by atoms with van der Waals surface area (Å²) in [5.74, 6) is 0.514. The summed E-state index contributed by atoms with van der Waals surface area (Å²) < 4.78 is 5.28. The average Bonchev–Trinajstić information content (AvgIpc) is 2.47. The first kappa shape index (κ1) is 14.3. The highest BCUT2D eigenvalue weighted by molar-refractivity contribution is 5.87. The number of para-hydroxylation sites is 1. The van der Waals surface area contributed by atoms with Crippen LogP contribution in [0.15, 0.2) is 24.3 Å². The van der Waals surface area contributed by atoms with E-state index in [4.69, 9.17) is 4.74 Å². The summed E-state index contributed by atoms with van der Waals surface area (Å²) >= 11 is 0. The topological polar surface area (TPSA) is 79.5 Å². The number of carbonyl (C=O) groups is 2. The predicted molar refractivity (Wildman–Crippen MR) is 74.4 cm³/mol. The Hall–Kier alpha value is -2.08. The summed E-state index contributed by atoms with van der Waals surface area (Å²) in [6.07, 6.45) is 0. The Balaban J connectivity index is 1.98. The molecule has 2 rings (SSSR count). The molecule has 20 heavy (non-hydrogen) atoms. The summed E-state index contributed by atoms with van der Waals surface area (Å²) in [6, 6.07) is 6.99. The van der Waals surface area contributed by atoms with Crippen molar-refractivity contribution in [3.05, 3.63) is 29.8 Å². The lowest BCUT2D eigenvalue weighted by Crippen LogP contribution is -2.58. The Kier molecular flexibility index (Phi) is 4.57. The molecule has 0 aliphatic carbocycles. The number of benzene rings is 1. The van der Waals surface area contributed by atoms with Crippen molar-refractivity contribution < 1.29 is 14.3 Å². The number of carbonyl (C=O) groups excluding carboxylic acids is 2. The third-order valence-electron chi connectivity index (χ3n) is 3.29. The van der Waals surface area contributed by atoms with Gasteiger partial charge in [-0.3, -0.25) is 14.9 Å². The maximum Gasteiger partial charge on any atom is 0.239 e. The van der Waals surface area contributed by atoms with Gasteiger partial charge in [0.25, 0.3) is 0 Å². The van der Waals surface area contributed by atoms with Gasteiger partial charge < -0.3 is 15.4 Å². The molecule has 3 N–H and O–H groups in total. The lowest BCUT2D eigenvalue weighted by Gasteiger charge is -2.25. The van der Waals surface area contributed by atoms with Gasteiger partial charge in [0.15, 0.2) is 0 Å². The molecule has 1 heterocycles. The van der Waals surface area contributed by atoms with E-state index in [1.165, 1.54) is 0 Å². The fourth-order valence-corrected chi connectivity index (χ4v) is 2.17. The van der Waals surface area contributed by atoms with Crippen LogP contribution in [-0.2, 0) is 9.59 Å². The minimum atomic E-state index is -0.398. The molecule has 0 saturated carbocycles.